The second kappa shape index (κ2) is 7.26. The summed E-state index contributed by atoms with van der Waals surface area (Å²) in [6.45, 7) is 4.53. The van der Waals surface area contributed by atoms with Gasteiger partial charge in [0.2, 0.25) is 0 Å². The van der Waals surface area contributed by atoms with Gasteiger partial charge in [0.25, 0.3) is 0 Å². The van der Waals surface area contributed by atoms with Gasteiger partial charge >= 0.3 is 0 Å². The van der Waals surface area contributed by atoms with Crippen molar-refractivity contribution in [2.45, 2.75) is 52.1 Å². The molecule has 0 spiro atoms. The minimum atomic E-state index is -0.362. The molecule has 3 atom stereocenters. The van der Waals surface area contributed by atoms with E-state index in [1.54, 1.807) is 11.3 Å². The number of rotatable bonds is 4. The first-order valence-electron chi connectivity index (χ1n) is 10.6. The van der Waals surface area contributed by atoms with E-state index < -0.39 is 0 Å². The van der Waals surface area contributed by atoms with Gasteiger partial charge < -0.3 is 5.11 Å². The Labute approximate surface area is 176 Å². The Hall–Kier alpha value is -2.17. The van der Waals surface area contributed by atoms with E-state index in [2.05, 4.69) is 71.9 Å². The van der Waals surface area contributed by atoms with Crippen LogP contribution in [-0.4, -0.2) is 14.9 Å². The van der Waals surface area contributed by atoms with Gasteiger partial charge in [-0.05, 0) is 96.5 Å². The highest BCUT2D eigenvalue weighted by Gasteiger charge is 2.43. The van der Waals surface area contributed by atoms with E-state index in [-0.39, 0.29) is 11.5 Å². The lowest BCUT2D eigenvalue weighted by atomic mass is 9.58. The quantitative estimate of drug-likeness (QED) is 0.569. The maximum atomic E-state index is 10.8. The number of aliphatic hydroxyl groups is 1. The summed E-state index contributed by atoms with van der Waals surface area (Å²) in [5, 5.41) is 19.7. The molecule has 1 aromatic carbocycles. The number of aryl methyl sites for hydroxylation is 1. The van der Waals surface area contributed by atoms with Gasteiger partial charge in [-0.3, -0.25) is 0 Å². The molecule has 1 saturated carbocycles. The normalized spacial score (nSPS) is 24.5. The highest BCUT2D eigenvalue weighted by atomic mass is 32.1. The molecule has 0 radical (unpaired) electrons. The minimum Gasteiger partial charge on any atom is -0.388 e. The number of fused-ring (bicyclic) bond motifs is 2. The van der Waals surface area contributed by atoms with Gasteiger partial charge in [-0.1, -0.05) is 30.2 Å². The number of hydrogen-bond acceptors (Lipinski definition) is 3. The summed E-state index contributed by atoms with van der Waals surface area (Å²) in [7, 11) is 0. The van der Waals surface area contributed by atoms with E-state index in [9.17, 15) is 5.11 Å². The molecule has 0 amide bonds. The van der Waals surface area contributed by atoms with Crippen molar-refractivity contribution in [1.29, 1.82) is 0 Å². The van der Waals surface area contributed by atoms with E-state index in [4.69, 9.17) is 5.10 Å². The molecule has 5 rings (SSSR count). The first kappa shape index (κ1) is 18.8. The van der Waals surface area contributed by atoms with E-state index >= 15 is 0 Å². The highest BCUT2D eigenvalue weighted by Crippen LogP contribution is 2.53. The molecule has 150 valence electrons. The lowest BCUT2D eigenvalue weighted by Crippen LogP contribution is -2.38. The molecule has 3 aromatic rings. The Kier molecular flexibility index (Phi) is 4.72. The van der Waals surface area contributed by atoms with Gasteiger partial charge in [-0.15, -0.1) is 0 Å². The molecule has 29 heavy (non-hydrogen) atoms. The molecule has 2 aliphatic carbocycles. The molecule has 0 unspecified atom stereocenters. The zero-order valence-electron chi connectivity index (χ0n) is 17.1. The number of aliphatic hydroxyl groups excluding tert-OH is 1. The average molecular weight is 405 g/mol. The predicted octanol–water partition coefficient (Wildman–Crippen LogP) is 6.11. The zero-order chi connectivity index (χ0) is 20.0. The topological polar surface area (TPSA) is 38.0 Å². The van der Waals surface area contributed by atoms with Gasteiger partial charge in [-0.2, -0.15) is 16.4 Å². The van der Waals surface area contributed by atoms with Crippen LogP contribution in [0.5, 0.6) is 0 Å². The van der Waals surface area contributed by atoms with Crippen LogP contribution in [0.4, 0.5) is 0 Å². The van der Waals surface area contributed by atoms with E-state index in [0.29, 0.717) is 5.92 Å². The lowest BCUT2D eigenvalue weighted by molar-refractivity contribution is 0.0836. The van der Waals surface area contributed by atoms with Crippen molar-refractivity contribution < 1.29 is 5.11 Å². The second-order valence-corrected chi connectivity index (χ2v) is 9.74. The third-order valence-corrected chi connectivity index (χ3v) is 7.80. The third-order valence-electron chi connectivity index (χ3n) is 7.10. The largest absolute Gasteiger partial charge is 0.388 e. The van der Waals surface area contributed by atoms with Gasteiger partial charge in [0.05, 0.1) is 23.7 Å². The third kappa shape index (κ3) is 3.28. The molecule has 3 nitrogen and oxygen atoms in total. The number of hydrogen-bond donors (Lipinski definition) is 1. The maximum absolute atomic E-state index is 10.8. The van der Waals surface area contributed by atoms with E-state index in [1.165, 1.54) is 35.2 Å². The molecule has 2 aliphatic rings. The van der Waals surface area contributed by atoms with Crippen LogP contribution >= 0.6 is 11.3 Å². The first-order valence-corrected chi connectivity index (χ1v) is 11.5. The van der Waals surface area contributed by atoms with Crippen molar-refractivity contribution in [2.75, 3.05) is 0 Å². The minimum absolute atomic E-state index is 0.114. The monoisotopic (exact) mass is 404 g/mol. The molecule has 2 heterocycles. The van der Waals surface area contributed by atoms with Crippen molar-refractivity contribution in [2.24, 2.45) is 11.3 Å². The van der Waals surface area contributed by atoms with Crippen molar-refractivity contribution >= 4 is 17.4 Å². The fourth-order valence-electron chi connectivity index (χ4n) is 5.28. The summed E-state index contributed by atoms with van der Waals surface area (Å²) in [6.07, 6.45) is 9.49. The fourth-order valence-corrected chi connectivity index (χ4v) is 5.99. The van der Waals surface area contributed by atoms with Crippen molar-refractivity contribution in [1.82, 2.24) is 9.78 Å². The first-order chi connectivity index (χ1) is 14.0. The molecule has 0 saturated heterocycles. The summed E-state index contributed by atoms with van der Waals surface area (Å²) in [5.74, 6) is 0.494. The van der Waals surface area contributed by atoms with Crippen LogP contribution in [0.1, 0.15) is 61.1 Å². The summed E-state index contributed by atoms with van der Waals surface area (Å²) in [4.78, 5) is 0. The smallest absolute Gasteiger partial charge is 0.0801 e. The highest BCUT2D eigenvalue weighted by molar-refractivity contribution is 7.07. The second-order valence-electron chi connectivity index (χ2n) is 8.96. The Bertz CT molecular complexity index is 1030. The van der Waals surface area contributed by atoms with Gasteiger partial charge in [0, 0.05) is 0 Å². The maximum Gasteiger partial charge on any atom is 0.0801 e. The van der Waals surface area contributed by atoms with E-state index in [0.717, 1.165) is 30.5 Å². The summed E-state index contributed by atoms with van der Waals surface area (Å²) in [6, 6.07) is 10.6. The van der Waals surface area contributed by atoms with E-state index in [1.807, 2.05) is 0 Å². The molecule has 1 N–H and O–H groups in total. The SMILES string of the molecule is Cc1ccc(-n2ncc3c2C=C2CCC[C@H](C[C@@H](O)c4ccsc4)[C@@]2(C)C3)cc1. The van der Waals surface area contributed by atoms with Crippen LogP contribution < -0.4 is 0 Å². The van der Waals surface area contributed by atoms with Gasteiger partial charge in [0.1, 0.15) is 0 Å². The van der Waals surface area contributed by atoms with Crippen LogP contribution in [0.15, 0.2) is 52.9 Å². The number of thiophene rings is 1. The Balaban J connectivity index is 1.46. The zero-order valence-corrected chi connectivity index (χ0v) is 18.0. The Morgan fingerprint density at radius 3 is 2.86 bits per heavy atom. The van der Waals surface area contributed by atoms with Crippen LogP contribution in [0.3, 0.4) is 0 Å². The Morgan fingerprint density at radius 2 is 2.10 bits per heavy atom. The van der Waals surface area contributed by atoms with Crippen molar-refractivity contribution in [3.05, 3.63) is 75.2 Å². The van der Waals surface area contributed by atoms with Gasteiger partial charge in [-0.25, -0.2) is 4.68 Å². The number of aromatic nitrogens is 2. The molecule has 0 aliphatic heterocycles. The van der Waals surface area contributed by atoms with Crippen molar-refractivity contribution in [3.8, 4) is 5.69 Å². The molecule has 4 heteroatoms. The van der Waals surface area contributed by atoms with Gasteiger partial charge in [0.15, 0.2) is 0 Å². The Morgan fingerprint density at radius 1 is 1.28 bits per heavy atom. The number of allylic oxidation sites excluding steroid dienone is 1. The summed E-state index contributed by atoms with van der Waals surface area (Å²) >= 11 is 1.66. The van der Waals surface area contributed by atoms with Crippen LogP contribution in [0.2, 0.25) is 0 Å². The molecular formula is C25H28N2OS. The molecular weight excluding hydrogens is 376 g/mol. The standard InChI is InChI=1S/C25H28N2OS/c1-17-6-8-22(9-7-17)27-23-12-20-4-3-5-21(13-24(28)18-10-11-29-16-18)25(20,2)14-19(23)15-26-27/h6-12,15-16,21,24,28H,3-5,13-14H2,1-2H3/t21-,24-,25+/m1/s1. The number of nitrogens with zero attached hydrogens (tertiary/aromatic N) is 2. The average Bonchev–Trinajstić information content (AvgIpc) is 3.37. The molecule has 1 fully saturated rings. The van der Waals surface area contributed by atoms with Crippen molar-refractivity contribution in [3.63, 3.8) is 0 Å². The molecule has 0 bridgehead atoms. The van der Waals surface area contributed by atoms with Crippen LogP contribution in [0, 0.1) is 18.3 Å². The van der Waals surface area contributed by atoms with Crippen LogP contribution in [-0.2, 0) is 6.42 Å². The molecule has 2 aromatic heterocycles. The summed E-state index contributed by atoms with van der Waals surface area (Å²) < 4.78 is 2.09. The fraction of sp³-hybridized carbons (Fsp3) is 0.400. The van der Waals surface area contributed by atoms with Crippen LogP contribution in [0.25, 0.3) is 11.8 Å². The number of benzene rings is 1. The lowest BCUT2D eigenvalue weighted by Gasteiger charge is -2.46. The summed E-state index contributed by atoms with van der Waals surface area (Å²) in [5.41, 5.74) is 7.67. The predicted molar refractivity (Wildman–Crippen MR) is 119 cm³/mol.